The number of hydrogen-bond donors (Lipinski definition) is 2. The first-order valence-electron chi connectivity index (χ1n) is 5.93. The molecule has 0 aromatic heterocycles. The first-order valence-corrected chi connectivity index (χ1v) is 5.93. The number of carbonyl (C=O) groups is 2. The van der Waals surface area contributed by atoms with Gasteiger partial charge in [0.15, 0.2) is 0 Å². The number of nitrogens with two attached hydrogens (primary N) is 1. The molecule has 2 aliphatic heterocycles. The van der Waals surface area contributed by atoms with E-state index in [2.05, 4.69) is 5.32 Å². The third-order valence-corrected chi connectivity index (χ3v) is 3.66. The van der Waals surface area contributed by atoms with Crippen LogP contribution in [0.2, 0.25) is 0 Å². The van der Waals surface area contributed by atoms with Gasteiger partial charge in [-0.15, -0.1) is 0 Å². The monoisotopic (exact) mass is 225 g/mol. The predicted molar refractivity (Wildman–Crippen MR) is 59.5 cm³/mol. The summed E-state index contributed by atoms with van der Waals surface area (Å²) in [6.45, 7) is 3.58. The maximum Gasteiger partial charge on any atom is 0.227 e. The molecule has 5 heteroatoms. The Hall–Kier alpha value is -1.10. The van der Waals surface area contributed by atoms with E-state index in [1.165, 1.54) is 0 Å². The third kappa shape index (κ3) is 1.80. The summed E-state index contributed by atoms with van der Waals surface area (Å²) in [6.07, 6.45) is 1.81. The lowest BCUT2D eigenvalue weighted by Gasteiger charge is -2.37. The van der Waals surface area contributed by atoms with E-state index in [1.807, 2.05) is 11.8 Å². The van der Waals surface area contributed by atoms with Crippen LogP contribution < -0.4 is 11.1 Å². The summed E-state index contributed by atoms with van der Waals surface area (Å²) in [7, 11) is 0. The molecule has 0 radical (unpaired) electrons. The van der Waals surface area contributed by atoms with Gasteiger partial charge in [-0.3, -0.25) is 9.59 Å². The van der Waals surface area contributed by atoms with Crippen LogP contribution in [0, 0.1) is 11.8 Å². The molecule has 2 heterocycles. The molecular formula is C11H19N3O2. The average molecular weight is 225 g/mol. The molecule has 0 aromatic carbocycles. The van der Waals surface area contributed by atoms with Crippen molar-refractivity contribution in [3.05, 3.63) is 0 Å². The quantitative estimate of drug-likeness (QED) is 0.653. The fourth-order valence-electron chi connectivity index (χ4n) is 2.61. The molecule has 3 atom stereocenters. The molecule has 3 N–H and O–H groups in total. The number of nitrogens with one attached hydrogen (secondary N) is 1. The van der Waals surface area contributed by atoms with Crippen molar-refractivity contribution in [3.8, 4) is 0 Å². The summed E-state index contributed by atoms with van der Waals surface area (Å²) in [6, 6.07) is 0.0581. The van der Waals surface area contributed by atoms with Crippen LogP contribution in [-0.4, -0.2) is 42.4 Å². The zero-order chi connectivity index (χ0) is 11.7. The van der Waals surface area contributed by atoms with E-state index >= 15 is 0 Å². The van der Waals surface area contributed by atoms with Gasteiger partial charge >= 0.3 is 0 Å². The summed E-state index contributed by atoms with van der Waals surface area (Å²) in [5.41, 5.74) is 5.51. The molecule has 2 rings (SSSR count). The van der Waals surface area contributed by atoms with Crippen molar-refractivity contribution < 1.29 is 9.59 Å². The molecule has 2 saturated heterocycles. The zero-order valence-corrected chi connectivity index (χ0v) is 9.61. The van der Waals surface area contributed by atoms with Crippen LogP contribution in [0.4, 0.5) is 0 Å². The Labute approximate surface area is 95.3 Å². The van der Waals surface area contributed by atoms with Crippen LogP contribution in [-0.2, 0) is 9.59 Å². The van der Waals surface area contributed by atoms with Crippen molar-refractivity contribution in [1.82, 2.24) is 10.2 Å². The second kappa shape index (κ2) is 4.41. The molecule has 2 amide bonds. The molecule has 0 aliphatic carbocycles. The Balaban J connectivity index is 2.10. The van der Waals surface area contributed by atoms with Gasteiger partial charge < -0.3 is 16.0 Å². The lowest BCUT2D eigenvalue weighted by molar-refractivity contribution is -0.140. The molecule has 90 valence electrons. The summed E-state index contributed by atoms with van der Waals surface area (Å²) < 4.78 is 0. The fraction of sp³-hybridized carbons (Fsp3) is 0.818. The van der Waals surface area contributed by atoms with Gasteiger partial charge in [0.1, 0.15) is 0 Å². The Morgan fingerprint density at radius 3 is 3.12 bits per heavy atom. The number of piperidine rings is 1. The van der Waals surface area contributed by atoms with E-state index in [4.69, 9.17) is 5.73 Å². The van der Waals surface area contributed by atoms with Crippen molar-refractivity contribution in [1.29, 1.82) is 0 Å². The Bertz CT molecular complexity index is 306. The normalized spacial score (nSPS) is 30.9. The number of fused-ring (bicyclic) bond motifs is 1. The second-order valence-electron chi connectivity index (χ2n) is 4.73. The van der Waals surface area contributed by atoms with E-state index in [9.17, 15) is 9.59 Å². The minimum Gasteiger partial charge on any atom is -0.354 e. The van der Waals surface area contributed by atoms with Crippen molar-refractivity contribution in [2.24, 2.45) is 17.6 Å². The number of rotatable bonds is 2. The molecule has 0 aromatic rings. The highest BCUT2D eigenvalue weighted by Crippen LogP contribution is 2.28. The van der Waals surface area contributed by atoms with Gasteiger partial charge in [-0.25, -0.2) is 0 Å². The number of carbonyl (C=O) groups excluding carboxylic acids is 2. The van der Waals surface area contributed by atoms with Gasteiger partial charge in [-0.05, 0) is 12.8 Å². The van der Waals surface area contributed by atoms with E-state index in [0.717, 1.165) is 19.4 Å². The van der Waals surface area contributed by atoms with Crippen LogP contribution in [0.25, 0.3) is 0 Å². The van der Waals surface area contributed by atoms with Crippen molar-refractivity contribution in [3.63, 3.8) is 0 Å². The SMILES string of the molecule is CC(CN)C(=O)N1CCCC2C(=O)NCC21. The molecular weight excluding hydrogens is 206 g/mol. The fourth-order valence-corrected chi connectivity index (χ4v) is 2.61. The maximum atomic E-state index is 12.1. The molecule has 2 aliphatic rings. The van der Waals surface area contributed by atoms with Crippen molar-refractivity contribution >= 4 is 11.8 Å². The van der Waals surface area contributed by atoms with Crippen LogP contribution in [0.15, 0.2) is 0 Å². The highest BCUT2D eigenvalue weighted by atomic mass is 16.2. The van der Waals surface area contributed by atoms with Crippen molar-refractivity contribution in [2.45, 2.75) is 25.8 Å². The first kappa shape index (κ1) is 11.4. The maximum absolute atomic E-state index is 12.1. The minimum absolute atomic E-state index is 0.00248. The number of nitrogens with zero attached hydrogens (tertiary/aromatic N) is 1. The van der Waals surface area contributed by atoms with Gasteiger partial charge in [-0.1, -0.05) is 6.92 Å². The Morgan fingerprint density at radius 2 is 2.44 bits per heavy atom. The molecule has 5 nitrogen and oxygen atoms in total. The van der Waals surface area contributed by atoms with Crippen molar-refractivity contribution in [2.75, 3.05) is 19.6 Å². The largest absolute Gasteiger partial charge is 0.354 e. The lowest BCUT2D eigenvalue weighted by atomic mass is 9.90. The molecule has 0 bridgehead atoms. The molecule has 16 heavy (non-hydrogen) atoms. The summed E-state index contributed by atoms with van der Waals surface area (Å²) >= 11 is 0. The summed E-state index contributed by atoms with van der Waals surface area (Å²) in [5.74, 6) is 0.0497. The van der Waals surface area contributed by atoms with E-state index < -0.39 is 0 Å². The summed E-state index contributed by atoms with van der Waals surface area (Å²) in [5, 5.41) is 2.84. The smallest absolute Gasteiger partial charge is 0.227 e. The minimum atomic E-state index is -0.144. The lowest BCUT2D eigenvalue weighted by Crippen LogP contribution is -2.51. The highest BCUT2D eigenvalue weighted by molar-refractivity contribution is 5.85. The van der Waals surface area contributed by atoms with Gasteiger partial charge in [-0.2, -0.15) is 0 Å². The van der Waals surface area contributed by atoms with Crippen LogP contribution >= 0.6 is 0 Å². The van der Waals surface area contributed by atoms with Gasteiger partial charge in [0.2, 0.25) is 11.8 Å². The highest BCUT2D eigenvalue weighted by Gasteiger charge is 2.43. The van der Waals surface area contributed by atoms with Crippen LogP contribution in [0.3, 0.4) is 0 Å². The molecule has 0 spiro atoms. The van der Waals surface area contributed by atoms with Crippen LogP contribution in [0.5, 0.6) is 0 Å². The Morgan fingerprint density at radius 1 is 1.69 bits per heavy atom. The topological polar surface area (TPSA) is 75.4 Å². The van der Waals surface area contributed by atoms with Gasteiger partial charge in [0, 0.05) is 25.6 Å². The molecule has 2 fully saturated rings. The van der Waals surface area contributed by atoms with Gasteiger partial charge in [0.05, 0.1) is 12.0 Å². The average Bonchev–Trinajstić information content (AvgIpc) is 2.69. The Kier molecular flexibility index (Phi) is 3.14. The summed E-state index contributed by atoms with van der Waals surface area (Å²) in [4.78, 5) is 25.5. The molecule has 0 saturated carbocycles. The standard InChI is InChI=1S/C11H19N3O2/c1-7(5-12)11(16)14-4-2-3-8-9(14)6-13-10(8)15/h7-9H,2-6,12H2,1H3,(H,13,15). The van der Waals surface area contributed by atoms with E-state index in [-0.39, 0.29) is 29.7 Å². The van der Waals surface area contributed by atoms with E-state index in [1.54, 1.807) is 0 Å². The first-order chi connectivity index (χ1) is 7.65. The zero-order valence-electron chi connectivity index (χ0n) is 9.61. The van der Waals surface area contributed by atoms with Crippen LogP contribution in [0.1, 0.15) is 19.8 Å². The third-order valence-electron chi connectivity index (χ3n) is 3.66. The molecule has 3 unspecified atom stereocenters. The number of hydrogen-bond acceptors (Lipinski definition) is 3. The second-order valence-corrected chi connectivity index (χ2v) is 4.73. The van der Waals surface area contributed by atoms with Gasteiger partial charge in [0.25, 0.3) is 0 Å². The van der Waals surface area contributed by atoms with E-state index in [0.29, 0.717) is 13.1 Å². The predicted octanol–water partition coefficient (Wildman–Crippen LogP) is -0.682. The number of likely N-dealkylation sites (tertiary alicyclic amines) is 1. The number of amides is 2.